The van der Waals surface area contributed by atoms with Gasteiger partial charge in [-0.3, -0.25) is 14.6 Å². The number of ether oxygens (including phenoxy) is 2. The molecule has 0 bridgehead atoms. The number of aromatic nitrogens is 2. The molecule has 0 radical (unpaired) electrons. The zero-order chi connectivity index (χ0) is 23.9. The molecule has 0 unspecified atom stereocenters. The summed E-state index contributed by atoms with van der Waals surface area (Å²) in [7, 11) is 1.55. The van der Waals surface area contributed by atoms with E-state index in [9.17, 15) is 9.59 Å². The molecule has 0 aliphatic carbocycles. The molecule has 1 amide bonds. The van der Waals surface area contributed by atoms with Crippen LogP contribution in [0, 0.1) is 6.92 Å². The van der Waals surface area contributed by atoms with Crippen molar-refractivity contribution in [3.63, 3.8) is 0 Å². The van der Waals surface area contributed by atoms with Crippen molar-refractivity contribution in [3.05, 3.63) is 118 Å². The predicted molar refractivity (Wildman–Crippen MR) is 130 cm³/mol. The minimum atomic E-state index is -0.494. The third kappa shape index (κ3) is 5.50. The molecule has 7 heteroatoms. The van der Waals surface area contributed by atoms with Crippen LogP contribution < -0.4 is 20.3 Å². The Morgan fingerprint density at radius 3 is 2.62 bits per heavy atom. The molecule has 172 valence electrons. The van der Waals surface area contributed by atoms with Crippen molar-refractivity contribution in [2.45, 2.75) is 20.1 Å². The van der Waals surface area contributed by atoms with E-state index in [1.54, 1.807) is 50.0 Å². The number of aryl methyl sites for hydroxylation is 1. The monoisotopic (exact) mass is 455 g/mol. The van der Waals surface area contributed by atoms with Crippen molar-refractivity contribution in [1.82, 2.24) is 9.55 Å². The van der Waals surface area contributed by atoms with Crippen LogP contribution in [-0.2, 0) is 13.2 Å². The number of carbonyl (C=O) groups is 1. The predicted octanol–water partition coefficient (Wildman–Crippen LogP) is 4.44. The van der Waals surface area contributed by atoms with Crippen molar-refractivity contribution >= 4 is 11.6 Å². The van der Waals surface area contributed by atoms with Crippen molar-refractivity contribution in [3.8, 4) is 11.5 Å². The van der Waals surface area contributed by atoms with Gasteiger partial charge in [0.25, 0.3) is 11.5 Å². The summed E-state index contributed by atoms with van der Waals surface area (Å²) < 4.78 is 12.8. The Morgan fingerprint density at radius 1 is 1.00 bits per heavy atom. The topological polar surface area (TPSA) is 82.5 Å². The standard InChI is InChI=1S/C27H25N3O4/c1-19-6-3-7-20(14-19)17-30-13-5-9-23(27(30)32)26(31)29-22-10-11-24(33-2)25(15-22)34-18-21-8-4-12-28-16-21/h3-16H,17-18H2,1-2H3,(H,29,31). The average molecular weight is 456 g/mol. The quantitative estimate of drug-likeness (QED) is 0.425. The molecule has 4 rings (SSSR count). The lowest BCUT2D eigenvalue weighted by molar-refractivity contribution is 0.102. The van der Waals surface area contributed by atoms with Gasteiger partial charge in [-0.15, -0.1) is 0 Å². The molecule has 2 aromatic carbocycles. The molecule has 4 aromatic rings. The number of amides is 1. The molecule has 0 spiro atoms. The summed E-state index contributed by atoms with van der Waals surface area (Å²) in [6.45, 7) is 2.68. The maximum Gasteiger partial charge on any atom is 0.263 e. The second-order valence-corrected chi connectivity index (χ2v) is 7.81. The number of hydrogen-bond donors (Lipinski definition) is 1. The van der Waals surface area contributed by atoms with E-state index in [2.05, 4.69) is 10.3 Å². The highest BCUT2D eigenvalue weighted by Crippen LogP contribution is 2.31. The molecule has 2 aromatic heterocycles. The molecule has 0 saturated heterocycles. The highest BCUT2D eigenvalue weighted by Gasteiger charge is 2.14. The highest BCUT2D eigenvalue weighted by molar-refractivity contribution is 6.04. The van der Waals surface area contributed by atoms with E-state index in [1.807, 2.05) is 43.3 Å². The first-order valence-corrected chi connectivity index (χ1v) is 10.8. The summed E-state index contributed by atoms with van der Waals surface area (Å²) in [5, 5.41) is 2.79. The summed E-state index contributed by atoms with van der Waals surface area (Å²) in [6.07, 6.45) is 5.09. The van der Waals surface area contributed by atoms with Gasteiger partial charge in [-0.05, 0) is 42.8 Å². The average Bonchev–Trinajstić information content (AvgIpc) is 2.85. The van der Waals surface area contributed by atoms with Crippen molar-refractivity contribution < 1.29 is 14.3 Å². The summed E-state index contributed by atoms with van der Waals surface area (Å²) >= 11 is 0. The first-order chi connectivity index (χ1) is 16.5. The minimum absolute atomic E-state index is 0.0591. The van der Waals surface area contributed by atoms with E-state index >= 15 is 0 Å². The number of rotatable bonds is 8. The first-order valence-electron chi connectivity index (χ1n) is 10.8. The van der Waals surface area contributed by atoms with Crippen LogP contribution in [0.25, 0.3) is 0 Å². The minimum Gasteiger partial charge on any atom is -0.493 e. The Morgan fingerprint density at radius 2 is 1.85 bits per heavy atom. The van der Waals surface area contributed by atoms with Crippen LogP contribution in [0.4, 0.5) is 5.69 Å². The Labute approximate surface area is 197 Å². The smallest absolute Gasteiger partial charge is 0.263 e. The van der Waals surface area contributed by atoms with E-state index in [0.29, 0.717) is 30.3 Å². The lowest BCUT2D eigenvalue weighted by Crippen LogP contribution is -2.29. The molecule has 0 fully saturated rings. The van der Waals surface area contributed by atoms with Crippen LogP contribution in [0.15, 0.2) is 90.1 Å². The molecule has 0 aliphatic heterocycles. The van der Waals surface area contributed by atoms with Gasteiger partial charge in [0.05, 0.1) is 13.7 Å². The fraction of sp³-hybridized carbons (Fsp3) is 0.148. The third-order valence-electron chi connectivity index (χ3n) is 5.24. The maximum atomic E-state index is 13.0. The summed E-state index contributed by atoms with van der Waals surface area (Å²) in [6, 6.07) is 19.9. The van der Waals surface area contributed by atoms with Gasteiger partial charge in [0, 0.05) is 35.9 Å². The molecular formula is C27H25N3O4. The Hall–Kier alpha value is -4.39. The number of pyridine rings is 2. The zero-order valence-corrected chi connectivity index (χ0v) is 19.0. The van der Waals surface area contributed by atoms with Crippen molar-refractivity contribution in [1.29, 1.82) is 0 Å². The second kappa shape index (κ2) is 10.5. The van der Waals surface area contributed by atoms with E-state index in [1.165, 1.54) is 10.6 Å². The van der Waals surface area contributed by atoms with Gasteiger partial charge in [0.1, 0.15) is 12.2 Å². The SMILES string of the molecule is COc1ccc(NC(=O)c2cccn(Cc3cccc(C)c3)c2=O)cc1OCc1cccnc1. The number of nitrogens with one attached hydrogen (secondary N) is 1. The van der Waals surface area contributed by atoms with Crippen LogP contribution >= 0.6 is 0 Å². The van der Waals surface area contributed by atoms with E-state index in [4.69, 9.17) is 9.47 Å². The fourth-order valence-corrected chi connectivity index (χ4v) is 3.55. The number of methoxy groups -OCH3 is 1. The normalized spacial score (nSPS) is 10.5. The molecular weight excluding hydrogens is 430 g/mol. The van der Waals surface area contributed by atoms with Gasteiger partial charge in [0.15, 0.2) is 11.5 Å². The first kappa shape index (κ1) is 22.8. The Kier molecular flexibility index (Phi) is 7.03. The third-order valence-corrected chi connectivity index (χ3v) is 5.24. The molecule has 0 atom stereocenters. The van der Waals surface area contributed by atoms with Gasteiger partial charge >= 0.3 is 0 Å². The number of anilines is 1. The number of hydrogen-bond acceptors (Lipinski definition) is 5. The van der Waals surface area contributed by atoms with Gasteiger partial charge in [-0.1, -0.05) is 35.9 Å². The van der Waals surface area contributed by atoms with Gasteiger partial charge < -0.3 is 19.4 Å². The molecule has 2 heterocycles. The second-order valence-electron chi connectivity index (χ2n) is 7.81. The lowest BCUT2D eigenvalue weighted by Gasteiger charge is -2.13. The van der Waals surface area contributed by atoms with E-state index < -0.39 is 5.91 Å². The van der Waals surface area contributed by atoms with Crippen LogP contribution in [0.3, 0.4) is 0 Å². The number of carbonyl (C=O) groups excluding carboxylic acids is 1. The lowest BCUT2D eigenvalue weighted by atomic mass is 10.1. The number of benzene rings is 2. The van der Waals surface area contributed by atoms with Crippen molar-refractivity contribution in [2.24, 2.45) is 0 Å². The van der Waals surface area contributed by atoms with Crippen LogP contribution in [-0.4, -0.2) is 22.6 Å². The maximum absolute atomic E-state index is 13.0. The summed E-state index contributed by atoms with van der Waals surface area (Å²) in [5.74, 6) is 0.503. The van der Waals surface area contributed by atoms with Crippen molar-refractivity contribution in [2.75, 3.05) is 12.4 Å². The molecule has 34 heavy (non-hydrogen) atoms. The van der Waals surface area contributed by atoms with Crippen LogP contribution in [0.1, 0.15) is 27.0 Å². The Bertz CT molecular complexity index is 1350. The molecule has 1 N–H and O–H groups in total. The fourth-order valence-electron chi connectivity index (χ4n) is 3.55. The van der Waals surface area contributed by atoms with Gasteiger partial charge in [-0.25, -0.2) is 0 Å². The van der Waals surface area contributed by atoms with E-state index in [0.717, 1.165) is 16.7 Å². The Balaban J connectivity index is 1.51. The zero-order valence-electron chi connectivity index (χ0n) is 19.0. The van der Waals surface area contributed by atoms with Gasteiger partial charge in [0.2, 0.25) is 0 Å². The van der Waals surface area contributed by atoms with Crippen LogP contribution in [0.5, 0.6) is 11.5 Å². The molecule has 7 nitrogen and oxygen atoms in total. The van der Waals surface area contributed by atoms with Gasteiger partial charge in [-0.2, -0.15) is 0 Å². The highest BCUT2D eigenvalue weighted by atomic mass is 16.5. The largest absolute Gasteiger partial charge is 0.493 e. The number of nitrogens with zero attached hydrogens (tertiary/aromatic N) is 2. The van der Waals surface area contributed by atoms with Crippen LogP contribution in [0.2, 0.25) is 0 Å². The van der Waals surface area contributed by atoms with E-state index in [-0.39, 0.29) is 11.1 Å². The molecule has 0 aliphatic rings. The summed E-state index contributed by atoms with van der Waals surface area (Å²) in [4.78, 5) is 30.0. The molecule has 0 saturated carbocycles. The summed E-state index contributed by atoms with van der Waals surface area (Å²) in [5.41, 5.74) is 3.19.